The molecule has 0 heterocycles. The third-order valence-electron chi connectivity index (χ3n) is 3.05. The van der Waals surface area contributed by atoms with Crippen molar-refractivity contribution in [2.75, 3.05) is 6.61 Å². The van der Waals surface area contributed by atoms with Gasteiger partial charge in [-0.25, -0.2) is 0 Å². The molecular weight excluding hydrogens is 174 g/mol. The Kier molecular flexibility index (Phi) is 5.49. The molecule has 0 saturated heterocycles. The Balaban J connectivity index is 2.23. The van der Waals surface area contributed by atoms with Crippen LogP contribution in [0.2, 0.25) is 0 Å². The molecule has 1 aliphatic carbocycles. The van der Waals surface area contributed by atoms with Crippen molar-refractivity contribution < 1.29 is 5.11 Å². The second-order valence-electron chi connectivity index (χ2n) is 5.01. The van der Waals surface area contributed by atoms with E-state index in [1.165, 1.54) is 32.1 Å². The van der Waals surface area contributed by atoms with Crippen LogP contribution >= 0.6 is 0 Å². The van der Waals surface area contributed by atoms with Crippen molar-refractivity contribution in [3.05, 3.63) is 0 Å². The monoisotopic (exact) mass is 199 g/mol. The topological polar surface area (TPSA) is 32.3 Å². The second kappa shape index (κ2) is 6.41. The summed E-state index contributed by atoms with van der Waals surface area (Å²) < 4.78 is 0. The summed E-state index contributed by atoms with van der Waals surface area (Å²) >= 11 is 0. The van der Waals surface area contributed by atoms with Crippen LogP contribution in [0.25, 0.3) is 0 Å². The summed E-state index contributed by atoms with van der Waals surface area (Å²) in [6.45, 7) is 4.71. The third kappa shape index (κ3) is 4.43. The maximum Gasteiger partial charge on any atom is 0.0584 e. The van der Waals surface area contributed by atoms with Crippen LogP contribution in [0.5, 0.6) is 0 Å². The van der Waals surface area contributed by atoms with Crippen LogP contribution in [-0.4, -0.2) is 23.8 Å². The van der Waals surface area contributed by atoms with Gasteiger partial charge < -0.3 is 10.4 Å². The Labute approximate surface area is 88.1 Å². The Morgan fingerprint density at radius 2 is 1.86 bits per heavy atom. The summed E-state index contributed by atoms with van der Waals surface area (Å²) in [7, 11) is 0. The summed E-state index contributed by atoms with van der Waals surface area (Å²) in [6.07, 6.45) is 7.80. The average molecular weight is 199 g/mol. The molecule has 0 aromatic heterocycles. The molecule has 0 aromatic rings. The number of rotatable bonds is 5. The minimum absolute atomic E-state index is 0.286. The van der Waals surface area contributed by atoms with Gasteiger partial charge in [0.2, 0.25) is 0 Å². The Hall–Kier alpha value is -0.0800. The highest BCUT2D eigenvalue weighted by Crippen LogP contribution is 2.18. The van der Waals surface area contributed by atoms with Crippen LogP contribution < -0.4 is 5.32 Å². The first-order valence-corrected chi connectivity index (χ1v) is 6.09. The molecule has 2 N–H and O–H groups in total. The van der Waals surface area contributed by atoms with E-state index >= 15 is 0 Å². The van der Waals surface area contributed by atoms with E-state index in [1.807, 2.05) is 0 Å². The van der Waals surface area contributed by atoms with Gasteiger partial charge in [-0.15, -0.1) is 0 Å². The van der Waals surface area contributed by atoms with Crippen molar-refractivity contribution in [1.82, 2.24) is 5.32 Å². The summed E-state index contributed by atoms with van der Waals surface area (Å²) in [5.41, 5.74) is 0. The van der Waals surface area contributed by atoms with Crippen molar-refractivity contribution in [2.45, 2.75) is 64.5 Å². The molecule has 0 spiro atoms. The van der Waals surface area contributed by atoms with E-state index in [-0.39, 0.29) is 6.61 Å². The van der Waals surface area contributed by atoms with Crippen molar-refractivity contribution in [2.24, 2.45) is 5.92 Å². The fourth-order valence-corrected chi connectivity index (χ4v) is 2.37. The van der Waals surface area contributed by atoms with Gasteiger partial charge in [0.05, 0.1) is 6.61 Å². The predicted molar refractivity (Wildman–Crippen MR) is 60.3 cm³/mol. The lowest BCUT2D eigenvalue weighted by Gasteiger charge is -2.28. The van der Waals surface area contributed by atoms with E-state index in [2.05, 4.69) is 19.2 Å². The predicted octanol–water partition coefficient (Wildman–Crippen LogP) is 2.32. The van der Waals surface area contributed by atoms with Gasteiger partial charge in [-0.2, -0.15) is 0 Å². The zero-order valence-electron chi connectivity index (χ0n) is 9.63. The lowest BCUT2D eigenvalue weighted by molar-refractivity contribution is 0.201. The molecule has 1 aliphatic rings. The van der Waals surface area contributed by atoms with Crippen LogP contribution in [0.15, 0.2) is 0 Å². The molecule has 1 atom stereocenters. The average Bonchev–Trinajstić information content (AvgIpc) is 2.17. The maximum absolute atomic E-state index is 9.24. The van der Waals surface area contributed by atoms with Gasteiger partial charge in [-0.05, 0) is 25.2 Å². The van der Waals surface area contributed by atoms with Gasteiger partial charge in [0.15, 0.2) is 0 Å². The molecular formula is C12H25NO. The van der Waals surface area contributed by atoms with Crippen molar-refractivity contribution in [3.63, 3.8) is 0 Å². The van der Waals surface area contributed by atoms with E-state index < -0.39 is 0 Å². The van der Waals surface area contributed by atoms with Gasteiger partial charge in [-0.3, -0.25) is 0 Å². The zero-order chi connectivity index (χ0) is 10.4. The van der Waals surface area contributed by atoms with E-state index in [0.717, 1.165) is 6.42 Å². The fourth-order valence-electron chi connectivity index (χ4n) is 2.37. The summed E-state index contributed by atoms with van der Waals surface area (Å²) in [4.78, 5) is 0. The summed E-state index contributed by atoms with van der Waals surface area (Å²) in [5.74, 6) is 0.670. The maximum atomic E-state index is 9.24. The number of aliphatic hydroxyl groups is 1. The first kappa shape index (κ1) is 12.0. The molecule has 0 aliphatic heterocycles. The normalized spacial score (nSPS) is 21.4. The van der Waals surface area contributed by atoms with E-state index in [1.54, 1.807) is 0 Å². The molecule has 84 valence electrons. The minimum atomic E-state index is 0.286. The fraction of sp³-hybridized carbons (Fsp3) is 1.00. The highest BCUT2D eigenvalue weighted by atomic mass is 16.3. The summed E-state index contributed by atoms with van der Waals surface area (Å²) in [5, 5.41) is 12.8. The highest BCUT2D eigenvalue weighted by molar-refractivity contribution is 4.77. The molecule has 0 radical (unpaired) electrons. The molecule has 2 nitrogen and oxygen atoms in total. The lowest BCUT2D eigenvalue weighted by Crippen LogP contribution is -2.42. The number of aliphatic hydroxyl groups excluding tert-OH is 1. The Morgan fingerprint density at radius 1 is 1.21 bits per heavy atom. The summed E-state index contributed by atoms with van der Waals surface area (Å²) in [6, 6.07) is 0.984. The second-order valence-corrected chi connectivity index (χ2v) is 5.01. The molecule has 1 unspecified atom stereocenters. The van der Waals surface area contributed by atoms with Gasteiger partial charge in [0, 0.05) is 12.1 Å². The molecule has 0 bridgehead atoms. The highest BCUT2D eigenvalue weighted by Gasteiger charge is 2.17. The molecule has 14 heavy (non-hydrogen) atoms. The SMILES string of the molecule is CC(C)CC(CO)NC1CCCCC1. The smallest absolute Gasteiger partial charge is 0.0584 e. The largest absolute Gasteiger partial charge is 0.395 e. The quantitative estimate of drug-likeness (QED) is 0.712. The lowest BCUT2D eigenvalue weighted by atomic mass is 9.94. The van der Waals surface area contributed by atoms with Crippen LogP contribution in [0.3, 0.4) is 0 Å². The van der Waals surface area contributed by atoms with Crippen LogP contribution in [0, 0.1) is 5.92 Å². The number of hydrogen-bond acceptors (Lipinski definition) is 2. The van der Waals surface area contributed by atoms with Crippen molar-refractivity contribution in [3.8, 4) is 0 Å². The number of hydrogen-bond donors (Lipinski definition) is 2. The number of nitrogens with one attached hydrogen (secondary N) is 1. The minimum Gasteiger partial charge on any atom is -0.395 e. The Morgan fingerprint density at radius 3 is 2.36 bits per heavy atom. The first-order chi connectivity index (χ1) is 6.72. The first-order valence-electron chi connectivity index (χ1n) is 6.09. The molecule has 0 amide bonds. The van der Waals surface area contributed by atoms with Gasteiger partial charge in [0.25, 0.3) is 0 Å². The molecule has 1 rings (SSSR count). The van der Waals surface area contributed by atoms with Gasteiger partial charge in [-0.1, -0.05) is 33.1 Å². The molecule has 1 fully saturated rings. The van der Waals surface area contributed by atoms with Gasteiger partial charge >= 0.3 is 0 Å². The molecule has 2 heteroatoms. The molecule has 0 aromatic carbocycles. The standard InChI is InChI=1S/C12H25NO/c1-10(2)8-12(9-14)13-11-6-4-3-5-7-11/h10-14H,3-9H2,1-2H3. The third-order valence-corrected chi connectivity index (χ3v) is 3.05. The molecule has 1 saturated carbocycles. The Bertz CT molecular complexity index is 141. The van der Waals surface area contributed by atoms with Crippen LogP contribution in [0.1, 0.15) is 52.4 Å². The zero-order valence-corrected chi connectivity index (χ0v) is 9.63. The van der Waals surface area contributed by atoms with E-state index in [9.17, 15) is 5.11 Å². The van der Waals surface area contributed by atoms with Crippen molar-refractivity contribution in [1.29, 1.82) is 0 Å². The van der Waals surface area contributed by atoms with Crippen LogP contribution in [-0.2, 0) is 0 Å². The van der Waals surface area contributed by atoms with E-state index in [4.69, 9.17) is 0 Å². The van der Waals surface area contributed by atoms with Crippen LogP contribution in [0.4, 0.5) is 0 Å². The van der Waals surface area contributed by atoms with Gasteiger partial charge in [0.1, 0.15) is 0 Å². The van der Waals surface area contributed by atoms with Crippen molar-refractivity contribution >= 4 is 0 Å². The van der Waals surface area contributed by atoms with E-state index in [0.29, 0.717) is 18.0 Å².